The Balaban J connectivity index is 2.17. The van der Waals surface area contributed by atoms with E-state index in [2.05, 4.69) is 10.3 Å². The van der Waals surface area contributed by atoms with Crippen LogP contribution >= 0.6 is 0 Å². The normalized spacial score (nSPS) is 12.7. The lowest BCUT2D eigenvalue weighted by Gasteiger charge is -2.02. The molecule has 13 heavy (non-hydrogen) atoms. The van der Waals surface area contributed by atoms with Crippen molar-refractivity contribution in [3.63, 3.8) is 0 Å². The fourth-order valence-corrected chi connectivity index (χ4v) is 1.38. The number of hydrogen-bond acceptors (Lipinski definition) is 3. The van der Waals surface area contributed by atoms with Crippen molar-refractivity contribution in [3.8, 4) is 0 Å². The zero-order valence-corrected chi connectivity index (χ0v) is 8.51. The summed E-state index contributed by atoms with van der Waals surface area (Å²) in [5.41, 5.74) is 1.16. The van der Waals surface area contributed by atoms with Gasteiger partial charge in [-0.1, -0.05) is 6.07 Å². The zero-order valence-electron chi connectivity index (χ0n) is 7.69. The van der Waals surface area contributed by atoms with E-state index in [0.29, 0.717) is 5.75 Å². The van der Waals surface area contributed by atoms with Gasteiger partial charge in [0.1, 0.15) is 0 Å². The number of rotatable bonds is 5. The first kappa shape index (κ1) is 10.3. The zero-order chi connectivity index (χ0) is 9.52. The molecule has 0 spiro atoms. The van der Waals surface area contributed by atoms with Crippen molar-refractivity contribution in [3.05, 3.63) is 30.1 Å². The van der Waals surface area contributed by atoms with Gasteiger partial charge in [0.2, 0.25) is 0 Å². The van der Waals surface area contributed by atoms with Crippen LogP contribution in [0.3, 0.4) is 0 Å². The minimum atomic E-state index is -0.702. The molecule has 4 heteroatoms. The fourth-order valence-electron chi connectivity index (χ4n) is 0.951. The molecule has 3 nitrogen and oxygen atoms in total. The molecule has 1 atom stereocenters. The van der Waals surface area contributed by atoms with Crippen LogP contribution in [0.4, 0.5) is 0 Å². The summed E-state index contributed by atoms with van der Waals surface area (Å²) in [7, 11) is -0.702. The van der Waals surface area contributed by atoms with Crippen LogP contribution in [0, 0.1) is 0 Å². The highest BCUT2D eigenvalue weighted by Gasteiger charge is 1.92. The Labute approximate surface area is 81.0 Å². The van der Waals surface area contributed by atoms with Gasteiger partial charge in [0, 0.05) is 48.3 Å². The van der Waals surface area contributed by atoms with E-state index in [9.17, 15) is 4.21 Å². The SMILES string of the molecule is CS(=O)CCNCc1cccnc1. The maximum Gasteiger partial charge on any atom is 0.0357 e. The van der Waals surface area contributed by atoms with E-state index >= 15 is 0 Å². The average Bonchev–Trinajstić information content (AvgIpc) is 2.14. The molecule has 0 radical (unpaired) electrons. The summed E-state index contributed by atoms with van der Waals surface area (Å²) in [4.78, 5) is 4.00. The molecule has 72 valence electrons. The Kier molecular flexibility index (Phi) is 4.64. The third-order valence-corrected chi connectivity index (χ3v) is 2.40. The molecule has 0 aromatic carbocycles. The van der Waals surface area contributed by atoms with Gasteiger partial charge in [0.05, 0.1) is 0 Å². The molecular weight excluding hydrogens is 184 g/mol. The first-order chi connectivity index (χ1) is 6.29. The highest BCUT2D eigenvalue weighted by Crippen LogP contribution is 1.93. The van der Waals surface area contributed by atoms with Crippen molar-refractivity contribution in [2.75, 3.05) is 18.6 Å². The molecule has 0 saturated heterocycles. The molecule has 0 aliphatic heterocycles. The summed E-state index contributed by atoms with van der Waals surface area (Å²) in [5, 5.41) is 3.20. The highest BCUT2D eigenvalue weighted by molar-refractivity contribution is 7.84. The summed E-state index contributed by atoms with van der Waals surface area (Å²) in [6, 6.07) is 3.93. The molecule has 0 saturated carbocycles. The monoisotopic (exact) mass is 198 g/mol. The van der Waals surface area contributed by atoms with Crippen LogP contribution in [0.25, 0.3) is 0 Å². The van der Waals surface area contributed by atoms with Crippen LogP contribution in [-0.2, 0) is 17.3 Å². The Morgan fingerprint density at radius 1 is 1.62 bits per heavy atom. The minimum absolute atomic E-state index is 0.702. The van der Waals surface area contributed by atoms with Crippen LogP contribution in [0.2, 0.25) is 0 Å². The number of pyridine rings is 1. The fraction of sp³-hybridized carbons (Fsp3) is 0.444. The first-order valence-corrected chi connectivity index (χ1v) is 5.91. The number of nitrogens with one attached hydrogen (secondary N) is 1. The summed E-state index contributed by atoms with van der Waals surface area (Å²) >= 11 is 0. The van der Waals surface area contributed by atoms with Crippen molar-refractivity contribution in [1.29, 1.82) is 0 Å². The molecule has 1 aromatic heterocycles. The lowest BCUT2D eigenvalue weighted by Crippen LogP contribution is -2.19. The van der Waals surface area contributed by atoms with Crippen molar-refractivity contribution in [2.45, 2.75) is 6.54 Å². The van der Waals surface area contributed by atoms with Crippen molar-refractivity contribution in [1.82, 2.24) is 10.3 Å². The maximum atomic E-state index is 10.7. The van der Waals surface area contributed by atoms with Gasteiger partial charge in [-0.3, -0.25) is 9.19 Å². The Bertz CT molecular complexity index is 264. The molecular formula is C9H14N2OS. The largest absolute Gasteiger partial charge is 0.312 e. The molecule has 1 heterocycles. The van der Waals surface area contributed by atoms with Gasteiger partial charge in [0.15, 0.2) is 0 Å². The topological polar surface area (TPSA) is 42.0 Å². The molecule has 0 bridgehead atoms. The molecule has 1 aromatic rings. The molecule has 1 rings (SSSR count). The van der Waals surface area contributed by atoms with Crippen LogP contribution < -0.4 is 5.32 Å². The summed E-state index contributed by atoms with van der Waals surface area (Å²) in [6.07, 6.45) is 5.30. The summed E-state index contributed by atoms with van der Waals surface area (Å²) in [6.45, 7) is 1.59. The minimum Gasteiger partial charge on any atom is -0.312 e. The van der Waals surface area contributed by atoms with Crippen LogP contribution in [0.15, 0.2) is 24.5 Å². The molecule has 0 aliphatic carbocycles. The van der Waals surface area contributed by atoms with Crippen LogP contribution in [0.5, 0.6) is 0 Å². The molecule has 1 N–H and O–H groups in total. The van der Waals surface area contributed by atoms with Gasteiger partial charge < -0.3 is 5.32 Å². The van der Waals surface area contributed by atoms with Crippen molar-refractivity contribution < 1.29 is 4.21 Å². The summed E-state index contributed by atoms with van der Waals surface area (Å²) in [5.74, 6) is 0.709. The molecule has 0 aliphatic rings. The van der Waals surface area contributed by atoms with Gasteiger partial charge in [0.25, 0.3) is 0 Å². The third-order valence-electron chi connectivity index (χ3n) is 1.62. The van der Waals surface area contributed by atoms with Gasteiger partial charge in [-0.15, -0.1) is 0 Å². The average molecular weight is 198 g/mol. The van der Waals surface area contributed by atoms with E-state index < -0.39 is 10.8 Å². The van der Waals surface area contributed by atoms with Gasteiger partial charge in [-0.05, 0) is 11.6 Å². The highest BCUT2D eigenvalue weighted by atomic mass is 32.2. The number of aromatic nitrogens is 1. The predicted molar refractivity (Wildman–Crippen MR) is 54.9 cm³/mol. The van der Waals surface area contributed by atoms with Crippen LogP contribution in [0.1, 0.15) is 5.56 Å². The van der Waals surface area contributed by atoms with E-state index in [-0.39, 0.29) is 0 Å². The predicted octanol–water partition coefficient (Wildman–Crippen LogP) is 0.550. The van der Waals surface area contributed by atoms with Gasteiger partial charge >= 0.3 is 0 Å². The number of nitrogens with zero attached hydrogens (tertiary/aromatic N) is 1. The van der Waals surface area contributed by atoms with E-state index in [4.69, 9.17) is 0 Å². The summed E-state index contributed by atoms with van der Waals surface area (Å²) < 4.78 is 10.7. The van der Waals surface area contributed by atoms with Crippen LogP contribution in [-0.4, -0.2) is 27.7 Å². The lowest BCUT2D eigenvalue weighted by atomic mass is 10.3. The molecule has 1 unspecified atom stereocenters. The number of hydrogen-bond donors (Lipinski definition) is 1. The standard InChI is InChI=1S/C9H14N2OS/c1-13(12)6-5-11-8-9-3-2-4-10-7-9/h2-4,7,11H,5-6,8H2,1H3. The van der Waals surface area contributed by atoms with Gasteiger partial charge in [-0.2, -0.15) is 0 Å². The maximum absolute atomic E-state index is 10.7. The van der Waals surface area contributed by atoms with E-state index in [1.807, 2.05) is 18.3 Å². The van der Waals surface area contributed by atoms with E-state index in [1.54, 1.807) is 12.5 Å². The lowest BCUT2D eigenvalue weighted by molar-refractivity contribution is 0.676. The Morgan fingerprint density at radius 3 is 3.08 bits per heavy atom. The van der Waals surface area contributed by atoms with E-state index in [1.165, 1.54) is 0 Å². The smallest absolute Gasteiger partial charge is 0.0357 e. The third kappa shape index (κ3) is 4.75. The van der Waals surface area contributed by atoms with Crippen molar-refractivity contribution in [2.24, 2.45) is 0 Å². The quantitative estimate of drug-likeness (QED) is 0.703. The van der Waals surface area contributed by atoms with E-state index in [0.717, 1.165) is 18.7 Å². The molecule has 0 fully saturated rings. The van der Waals surface area contributed by atoms with Crippen molar-refractivity contribution >= 4 is 10.8 Å². The second kappa shape index (κ2) is 5.83. The molecule has 0 amide bonds. The Hall–Kier alpha value is -0.740. The second-order valence-electron chi connectivity index (χ2n) is 2.82. The first-order valence-electron chi connectivity index (χ1n) is 4.18. The van der Waals surface area contributed by atoms with Gasteiger partial charge in [-0.25, -0.2) is 0 Å². The second-order valence-corrected chi connectivity index (χ2v) is 4.37. The Morgan fingerprint density at radius 2 is 2.46 bits per heavy atom.